The first kappa shape index (κ1) is 15.8. The SMILES string of the molecule is CCCOC1CCCN(c2cc(Br)ccc2C(C)N)C1. The lowest BCUT2D eigenvalue weighted by atomic mass is 10.0. The van der Waals surface area contributed by atoms with E-state index in [1.165, 1.54) is 17.7 Å². The molecule has 1 heterocycles. The molecule has 2 atom stereocenters. The zero-order valence-corrected chi connectivity index (χ0v) is 14.0. The number of hydrogen-bond acceptors (Lipinski definition) is 3. The van der Waals surface area contributed by atoms with E-state index < -0.39 is 0 Å². The minimum Gasteiger partial charge on any atom is -0.376 e. The molecule has 0 aromatic heterocycles. The van der Waals surface area contributed by atoms with Gasteiger partial charge in [-0.05, 0) is 43.9 Å². The lowest BCUT2D eigenvalue weighted by Gasteiger charge is -2.36. The quantitative estimate of drug-likeness (QED) is 0.884. The second-order valence-electron chi connectivity index (χ2n) is 5.57. The minimum atomic E-state index is 0.0510. The summed E-state index contributed by atoms with van der Waals surface area (Å²) in [6.07, 6.45) is 3.78. The van der Waals surface area contributed by atoms with Crippen LogP contribution in [-0.4, -0.2) is 25.8 Å². The largest absolute Gasteiger partial charge is 0.376 e. The zero-order chi connectivity index (χ0) is 14.5. The van der Waals surface area contributed by atoms with Gasteiger partial charge in [0.1, 0.15) is 0 Å². The maximum absolute atomic E-state index is 6.11. The van der Waals surface area contributed by atoms with Crippen LogP contribution in [0.25, 0.3) is 0 Å². The molecule has 2 unspecified atom stereocenters. The minimum absolute atomic E-state index is 0.0510. The normalized spacial score (nSPS) is 21.0. The van der Waals surface area contributed by atoms with Gasteiger partial charge in [0, 0.05) is 35.9 Å². The van der Waals surface area contributed by atoms with Crippen LogP contribution in [0.1, 0.15) is 44.7 Å². The molecule has 1 fully saturated rings. The molecule has 4 heteroatoms. The fourth-order valence-corrected chi connectivity index (χ4v) is 3.10. The predicted octanol–water partition coefficient (Wildman–Crippen LogP) is 3.86. The number of ether oxygens (including phenoxy) is 1. The van der Waals surface area contributed by atoms with Crippen molar-refractivity contribution in [3.8, 4) is 0 Å². The summed E-state index contributed by atoms with van der Waals surface area (Å²) >= 11 is 3.57. The number of piperidine rings is 1. The van der Waals surface area contributed by atoms with Gasteiger partial charge in [-0.25, -0.2) is 0 Å². The number of benzene rings is 1. The Labute approximate surface area is 130 Å². The monoisotopic (exact) mass is 340 g/mol. The lowest BCUT2D eigenvalue weighted by molar-refractivity contribution is 0.0440. The Morgan fingerprint density at radius 3 is 3.00 bits per heavy atom. The van der Waals surface area contributed by atoms with Crippen LogP contribution >= 0.6 is 15.9 Å². The van der Waals surface area contributed by atoms with Crippen LogP contribution in [0.5, 0.6) is 0 Å². The number of hydrogen-bond donors (Lipinski definition) is 1. The van der Waals surface area contributed by atoms with Gasteiger partial charge in [-0.15, -0.1) is 0 Å². The molecule has 1 aliphatic heterocycles. The molecule has 0 saturated carbocycles. The topological polar surface area (TPSA) is 38.5 Å². The zero-order valence-electron chi connectivity index (χ0n) is 12.4. The van der Waals surface area contributed by atoms with Gasteiger partial charge < -0.3 is 15.4 Å². The highest BCUT2D eigenvalue weighted by atomic mass is 79.9. The molecule has 3 nitrogen and oxygen atoms in total. The van der Waals surface area contributed by atoms with Gasteiger partial charge in [-0.1, -0.05) is 28.9 Å². The van der Waals surface area contributed by atoms with Gasteiger partial charge in [0.2, 0.25) is 0 Å². The summed E-state index contributed by atoms with van der Waals surface area (Å²) < 4.78 is 7.03. The molecule has 0 bridgehead atoms. The number of anilines is 1. The molecule has 1 aromatic rings. The average molecular weight is 341 g/mol. The van der Waals surface area contributed by atoms with Crippen molar-refractivity contribution < 1.29 is 4.74 Å². The maximum atomic E-state index is 6.11. The van der Waals surface area contributed by atoms with Gasteiger partial charge in [-0.3, -0.25) is 0 Å². The molecule has 112 valence electrons. The van der Waals surface area contributed by atoms with Crippen molar-refractivity contribution in [2.24, 2.45) is 5.73 Å². The maximum Gasteiger partial charge on any atom is 0.0750 e. The molecule has 0 radical (unpaired) electrons. The van der Waals surface area contributed by atoms with Crippen molar-refractivity contribution in [1.29, 1.82) is 0 Å². The third-order valence-electron chi connectivity index (χ3n) is 3.76. The van der Waals surface area contributed by atoms with Crippen LogP contribution in [0.15, 0.2) is 22.7 Å². The van der Waals surface area contributed by atoms with Crippen LogP contribution < -0.4 is 10.6 Å². The van der Waals surface area contributed by atoms with E-state index in [1.807, 2.05) is 6.92 Å². The van der Waals surface area contributed by atoms with E-state index in [0.29, 0.717) is 6.10 Å². The van der Waals surface area contributed by atoms with Gasteiger partial charge in [-0.2, -0.15) is 0 Å². The van der Waals surface area contributed by atoms with Gasteiger partial charge in [0.05, 0.1) is 6.10 Å². The first-order chi connectivity index (χ1) is 9.61. The Bertz CT molecular complexity index is 436. The second kappa shape index (κ2) is 7.43. The third-order valence-corrected chi connectivity index (χ3v) is 4.25. The number of nitrogens with two attached hydrogens (primary N) is 1. The third kappa shape index (κ3) is 3.96. The van der Waals surface area contributed by atoms with Crippen molar-refractivity contribution in [1.82, 2.24) is 0 Å². The van der Waals surface area contributed by atoms with E-state index in [4.69, 9.17) is 10.5 Å². The van der Waals surface area contributed by atoms with Crippen molar-refractivity contribution >= 4 is 21.6 Å². The van der Waals surface area contributed by atoms with Crippen molar-refractivity contribution in [2.45, 2.75) is 45.3 Å². The summed E-state index contributed by atoms with van der Waals surface area (Å²) in [5, 5.41) is 0. The van der Waals surface area contributed by atoms with Crippen molar-refractivity contribution in [3.05, 3.63) is 28.2 Å². The molecular formula is C16H25BrN2O. The first-order valence-corrected chi connectivity index (χ1v) is 8.32. The van der Waals surface area contributed by atoms with E-state index in [9.17, 15) is 0 Å². The standard InChI is InChI=1S/C16H25BrN2O/c1-3-9-20-14-5-4-8-19(11-14)16-10-13(17)6-7-15(16)12(2)18/h6-7,10,12,14H,3-5,8-9,11,18H2,1-2H3. The number of rotatable bonds is 5. The number of halogens is 1. The van der Waals surface area contributed by atoms with E-state index in [-0.39, 0.29) is 6.04 Å². The predicted molar refractivity (Wildman–Crippen MR) is 88.2 cm³/mol. The molecule has 1 aliphatic rings. The molecule has 1 aromatic carbocycles. The van der Waals surface area contributed by atoms with Crippen molar-refractivity contribution in [3.63, 3.8) is 0 Å². The molecule has 2 N–H and O–H groups in total. The molecule has 2 rings (SSSR count). The van der Waals surface area contributed by atoms with Gasteiger partial charge in [0.15, 0.2) is 0 Å². The van der Waals surface area contributed by atoms with Crippen LogP contribution in [-0.2, 0) is 4.74 Å². The Morgan fingerprint density at radius 2 is 2.30 bits per heavy atom. The molecular weight excluding hydrogens is 316 g/mol. The molecule has 1 saturated heterocycles. The van der Waals surface area contributed by atoms with Gasteiger partial charge in [0.25, 0.3) is 0 Å². The van der Waals surface area contributed by atoms with Gasteiger partial charge >= 0.3 is 0 Å². The summed E-state index contributed by atoms with van der Waals surface area (Å²) in [7, 11) is 0. The summed E-state index contributed by atoms with van der Waals surface area (Å²) in [4.78, 5) is 2.42. The Kier molecular flexibility index (Phi) is 5.87. The highest BCUT2D eigenvalue weighted by molar-refractivity contribution is 9.10. The Morgan fingerprint density at radius 1 is 1.50 bits per heavy atom. The lowest BCUT2D eigenvalue weighted by Crippen LogP contribution is -2.40. The van der Waals surface area contributed by atoms with Crippen LogP contribution in [0.2, 0.25) is 0 Å². The van der Waals surface area contributed by atoms with E-state index >= 15 is 0 Å². The molecule has 0 spiro atoms. The smallest absolute Gasteiger partial charge is 0.0750 e. The first-order valence-electron chi connectivity index (χ1n) is 7.53. The number of nitrogens with zero attached hydrogens (tertiary/aromatic N) is 1. The summed E-state index contributed by atoms with van der Waals surface area (Å²) in [5.41, 5.74) is 8.57. The summed E-state index contributed by atoms with van der Waals surface area (Å²) in [6.45, 7) is 7.11. The highest BCUT2D eigenvalue weighted by Gasteiger charge is 2.23. The highest BCUT2D eigenvalue weighted by Crippen LogP contribution is 2.31. The Balaban J connectivity index is 2.15. The van der Waals surface area contributed by atoms with Crippen LogP contribution in [0.3, 0.4) is 0 Å². The fourth-order valence-electron chi connectivity index (χ4n) is 2.75. The van der Waals surface area contributed by atoms with Crippen molar-refractivity contribution in [2.75, 3.05) is 24.6 Å². The van der Waals surface area contributed by atoms with Crippen LogP contribution in [0.4, 0.5) is 5.69 Å². The summed E-state index contributed by atoms with van der Waals surface area (Å²) in [6, 6.07) is 6.42. The second-order valence-corrected chi connectivity index (χ2v) is 6.49. The van der Waals surface area contributed by atoms with E-state index in [1.54, 1.807) is 0 Å². The summed E-state index contributed by atoms with van der Waals surface area (Å²) in [5.74, 6) is 0. The van der Waals surface area contributed by atoms with Crippen LogP contribution in [0, 0.1) is 0 Å². The van der Waals surface area contributed by atoms with E-state index in [0.717, 1.165) is 37.0 Å². The fraction of sp³-hybridized carbons (Fsp3) is 0.625. The van der Waals surface area contributed by atoms with E-state index in [2.05, 4.69) is 46.0 Å². The molecule has 0 aliphatic carbocycles. The molecule has 0 amide bonds. The Hall–Kier alpha value is -0.580. The molecule has 20 heavy (non-hydrogen) atoms. The average Bonchev–Trinajstić information content (AvgIpc) is 2.45.